The van der Waals surface area contributed by atoms with Crippen molar-refractivity contribution in [3.63, 3.8) is 0 Å². The molecule has 1 aliphatic rings. The summed E-state index contributed by atoms with van der Waals surface area (Å²) in [5.41, 5.74) is 0.216. The lowest BCUT2D eigenvalue weighted by Crippen LogP contribution is -2.31. The third kappa shape index (κ3) is 3.25. The third-order valence-corrected chi connectivity index (χ3v) is 6.54. The molecule has 4 rings (SSSR count). The first-order valence-electron chi connectivity index (χ1n) is 8.62. The summed E-state index contributed by atoms with van der Waals surface area (Å²) in [7, 11) is -2.25. The summed E-state index contributed by atoms with van der Waals surface area (Å²) in [6, 6.07) is 7.14. The second kappa shape index (κ2) is 6.64. The van der Waals surface area contributed by atoms with Gasteiger partial charge < -0.3 is 13.6 Å². The number of aryl methyl sites for hydroxylation is 2. The van der Waals surface area contributed by atoms with Crippen LogP contribution >= 0.6 is 0 Å². The van der Waals surface area contributed by atoms with E-state index in [1.807, 2.05) is 0 Å². The minimum Gasteiger partial charge on any atom is -0.489 e. The number of sulfonamides is 1. The lowest BCUT2D eigenvalue weighted by molar-refractivity contribution is 0.213. The molecule has 0 aliphatic carbocycles. The standard InChI is InChI=1S/C18H18N2O7S/c1-11-7-13(8-17(21)25-11)26-12-5-6-20(10-12)28(23,24)14-3-4-16-15(9-14)19(2)18(22)27-16/h3-4,7-9,12H,5-6,10H2,1-2H3. The molecule has 1 atom stereocenters. The van der Waals surface area contributed by atoms with Gasteiger partial charge in [0.15, 0.2) is 5.58 Å². The molecule has 0 spiro atoms. The van der Waals surface area contributed by atoms with Gasteiger partial charge in [-0.05, 0) is 31.5 Å². The average Bonchev–Trinajstić information content (AvgIpc) is 3.19. The molecule has 1 aliphatic heterocycles. The van der Waals surface area contributed by atoms with E-state index in [2.05, 4.69) is 0 Å². The number of ether oxygens (including phenoxy) is 1. The summed E-state index contributed by atoms with van der Waals surface area (Å²) in [4.78, 5) is 23.1. The number of rotatable bonds is 4. The van der Waals surface area contributed by atoms with E-state index in [-0.39, 0.29) is 24.1 Å². The van der Waals surface area contributed by atoms with E-state index < -0.39 is 21.4 Å². The van der Waals surface area contributed by atoms with Crippen LogP contribution in [0.25, 0.3) is 11.1 Å². The number of hydrogen-bond acceptors (Lipinski definition) is 7. The van der Waals surface area contributed by atoms with Gasteiger partial charge in [0, 0.05) is 19.7 Å². The quantitative estimate of drug-likeness (QED) is 0.641. The van der Waals surface area contributed by atoms with Crippen molar-refractivity contribution in [3.8, 4) is 5.75 Å². The second-order valence-electron chi connectivity index (χ2n) is 6.67. The van der Waals surface area contributed by atoms with Gasteiger partial charge in [0.2, 0.25) is 10.0 Å². The van der Waals surface area contributed by atoms with Gasteiger partial charge in [0.05, 0.1) is 23.0 Å². The minimum absolute atomic E-state index is 0.0771. The van der Waals surface area contributed by atoms with E-state index in [9.17, 15) is 18.0 Å². The fourth-order valence-electron chi connectivity index (χ4n) is 3.26. The van der Waals surface area contributed by atoms with E-state index in [1.165, 1.54) is 40.2 Å². The predicted molar refractivity (Wildman–Crippen MR) is 99.0 cm³/mol. The molecule has 28 heavy (non-hydrogen) atoms. The van der Waals surface area contributed by atoms with Gasteiger partial charge in [-0.15, -0.1) is 0 Å². The van der Waals surface area contributed by atoms with Gasteiger partial charge in [-0.2, -0.15) is 4.31 Å². The Morgan fingerprint density at radius 2 is 1.93 bits per heavy atom. The van der Waals surface area contributed by atoms with Crippen LogP contribution in [0.1, 0.15) is 12.2 Å². The number of nitrogens with zero attached hydrogens (tertiary/aromatic N) is 2. The highest BCUT2D eigenvalue weighted by molar-refractivity contribution is 7.89. The zero-order valence-electron chi connectivity index (χ0n) is 15.2. The Bertz CT molecular complexity index is 1270. The molecule has 3 heterocycles. The van der Waals surface area contributed by atoms with Crippen molar-refractivity contribution in [3.05, 3.63) is 57.1 Å². The summed E-state index contributed by atoms with van der Waals surface area (Å²) >= 11 is 0. The molecule has 1 unspecified atom stereocenters. The van der Waals surface area contributed by atoms with Gasteiger partial charge in [-0.1, -0.05) is 0 Å². The monoisotopic (exact) mass is 406 g/mol. The molecule has 0 N–H and O–H groups in total. The predicted octanol–water partition coefficient (Wildman–Crippen LogP) is 1.24. The van der Waals surface area contributed by atoms with Crippen molar-refractivity contribution in [2.45, 2.75) is 24.3 Å². The Hall–Kier alpha value is -2.85. The zero-order chi connectivity index (χ0) is 20.1. The molecule has 3 aromatic rings. The number of aromatic nitrogens is 1. The van der Waals surface area contributed by atoms with Gasteiger partial charge >= 0.3 is 11.4 Å². The van der Waals surface area contributed by atoms with Crippen molar-refractivity contribution in [1.82, 2.24) is 8.87 Å². The van der Waals surface area contributed by atoms with Crippen molar-refractivity contribution >= 4 is 21.1 Å². The number of oxazole rings is 1. The van der Waals surface area contributed by atoms with Crippen LogP contribution in [0.3, 0.4) is 0 Å². The topological polar surface area (TPSA) is 112 Å². The van der Waals surface area contributed by atoms with Gasteiger partial charge in [-0.25, -0.2) is 18.0 Å². The van der Waals surface area contributed by atoms with Crippen LogP contribution in [0, 0.1) is 6.92 Å². The lowest BCUT2D eigenvalue weighted by Gasteiger charge is -2.17. The van der Waals surface area contributed by atoms with Crippen molar-refractivity contribution in [1.29, 1.82) is 0 Å². The highest BCUT2D eigenvalue weighted by atomic mass is 32.2. The van der Waals surface area contributed by atoms with Crippen molar-refractivity contribution < 1.29 is 22.0 Å². The minimum atomic E-state index is -3.76. The summed E-state index contributed by atoms with van der Waals surface area (Å²) in [5, 5.41) is 0. The van der Waals surface area contributed by atoms with Crippen LogP contribution in [0.15, 0.2) is 53.7 Å². The molecule has 1 saturated heterocycles. The summed E-state index contributed by atoms with van der Waals surface area (Å²) < 4.78 is 44.3. The van der Waals surface area contributed by atoms with Gasteiger partial charge in [0.1, 0.15) is 17.6 Å². The summed E-state index contributed by atoms with van der Waals surface area (Å²) in [6.45, 7) is 2.08. The Morgan fingerprint density at radius 1 is 1.14 bits per heavy atom. The molecule has 1 fully saturated rings. The fourth-order valence-corrected chi connectivity index (χ4v) is 4.77. The Morgan fingerprint density at radius 3 is 2.68 bits per heavy atom. The highest BCUT2D eigenvalue weighted by Gasteiger charge is 2.34. The molecule has 10 heteroatoms. The normalized spacial score (nSPS) is 18.0. The molecule has 9 nitrogen and oxygen atoms in total. The Balaban J connectivity index is 1.56. The molecule has 0 radical (unpaired) electrons. The van der Waals surface area contributed by atoms with Crippen LogP contribution in [-0.2, 0) is 17.1 Å². The Labute approximate surface area is 159 Å². The number of hydrogen-bond donors (Lipinski definition) is 0. The van der Waals surface area contributed by atoms with E-state index >= 15 is 0 Å². The SMILES string of the molecule is Cc1cc(OC2CCN(S(=O)(=O)c3ccc4oc(=O)n(C)c4c3)C2)cc(=O)o1. The summed E-state index contributed by atoms with van der Waals surface area (Å²) in [5.74, 6) is 0.221. The van der Waals surface area contributed by atoms with E-state index in [0.29, 0.717) is 29.0 Å². The van der Waals surface area contributed by atoms with E-state index in [4.69, 9.17) is 13.6 Å². The van der Waals surface area contributed by atoms with E-state index in [1.54, 1.807) is 13.0 Å². The van der Waals surface area contributed by atoms with Crippen LogP contribution in [0.5, 0.6) is 5.75 Å². The van der Waals surface area contributed by atoms with Crippen LogP contribution < -0.4 is 16.1 Å². The van der Waals surface area contributed by atoms with E-state index in [0.717, 1.165) is 0 Å². The van der Waals surface area contributed by atoms with Gasteiger partial charge in [-0.3, -0.25) is 4.57 Å². The van der Waals surface area contributed by atoms with Crippen molar-refractivity contribution in [2.24, 2.45) is 7.05 Å². The van der Waals surface area contributed by atoms with Crippen LogP contribution in [-0.4, -0.2) is 36.5 Å². The molecule has 0 amide bonds. The molecule has 2 aromatic heterocycles. The average molecular weight is 406 g/mol. The fraction of sp³-hybridized carbons (Fsp3) is 0.333. The molecular weight excluding hydrogens is 388 g/mol. The third-order valence-electron chi connectivity index (χ3n) is 4.68. The molecule has 0 saturated carbocycles. The number of benzene rings is 1. The van der Waals surface area contributed by atoms with Crippen LogP contribution in [0.4, 0.5) is 0 Å². The largest absolute Gasteiger partial charge is 0.489 e. The van der Waals surface area contributed by atoms with Gasteiger partial charge in [0.25, 0.3) is 0 Å². The summed E-state index contributed by atoms with van der Waals surface area (Å²) in [6.07, 6.45) is 0.114. The first-order valence-corrected chi connectivity index (χ1v) is 10.1. The molecule has 1 aromatic carbocycles. The first-order chi connectivity index (χ1) is 13.2. The molecule has 0 bridgehead atoms. The first kappa shape index (κ1) is 18.5. The van der Waals surface area contributed by atoms with Crippen molar-refractivity contribution in [2.75, 3.05) is 13.1 Å². The molecule has 148 valence electrons. The number of fused-ring (bicyclic) bond motifs is 1. The smallest absolute Gasteiger partial charge is 0.419 e. The maximum Gasteiger partial charge on any atom is 0.419 e. The Kier molecular flexibility index (Phi) is 4.39. The zero-order valence-corrected chi connectivity index (χ0v) is 16.1. The molecular formula is C18H18N2O7S. The highest BCUT2D eigenvalue weighted by Crippen LogP contribution is 2.26. The van der Waals surface area contributed by atoms with Crippen LogP contribution in [0.2, 0.25) is 0 Å². The second-order valence-corrected chi connectivity index (χ2v) is 8.61. The lowest BCUT2D eigenvalue weighted by atomic mass is 10.3. The maximum atomic E-state index is 13.0. The maximum absolute atomic E-state index is 13.0.